The fraction of sp³-hybridized carbons (Fsp3) is 0.0417. The van der Waals surface area contributed by atoms with Crippen LogP contribution < -0.4 is 0 Å². The summed E-state index contributed by atoms with van der Waals surface area (Å²) in [5, 5.41) is 7.44. The molecule has 8 rings (SSSR count). The number of rotatable bonds is 7. The molecule has 1 heterocycles. The Balaban J connectivity index is 1.28. The van der Waals surface area contributed by atoms with Crippen LogP contribution in [-0.2, 0) is 0 Å². The highest BCUT2D eigenvalue weighted by Crippen LogP contribution is 2.40. The van der Waals surface area contributed by atoms with Gasteiger partial charge in [0.15, 0.2) is 0 Å². The first-order valence-corrected chi connectivity index (χ1v) is 16.9. The highest BCUT2D eigenvalue weighted by Gasteiger charge is 2.16. The largest absolute Gasteiger partial charge is 0.309 e. The minimum atomic E-state index is 1.14. The van der Waals surface area contributed by atoms with Gasteiger partial charge in [0.25, 0.3) is 0 Å². The molecule has 0 aliphatic rings. The van der Waals surface area contributed by atoms with Gasteiger partial charge in [-0.1, -0.05) is 146 Å². The van der Waals surface area contributed by atoms with Crippen LogP contribution in [0.2, 0.25) is 0 Å². The number of allylic oxidation sites excluding steroid dienone is 6. The van der Waals surface area contributed by atoms with E-state index < -0.39 is 0 Å². The molecule has 0 atom stereocenters. The van der Waals surface area contributed by atoms with Gasteiger partial charge in [0, 0.05) is 21.8 Å². The normalized spacial score (nSPS) is 12.3. The molecule has 0 radical (unpaired) electrons. The Morgan fingerprint density at radius 3 is 1.98 bits per heavy atom. The van der Waals surface area contributed by atoms with Gasteiger partial charge in [-0.3, -0.25) is 0 Å². The van der Waals surface area contributed by atoms with E-state index in [-0.39, 0.29) is 0 Å². The van der Waals surface area contributed by atoms with Crippen LogP contribution in [0, 0.1) is 0 Å². The zero-order chi connectivity index (χ0) is 33.3. The van der Waals surface area contributed by atoms with Crippen molar-refractivity contribution in [2.45, 2.75) is 13.8 Å². The third kappa shape index (κ3) is 5.50. The molecule has 0 spiro atoms. The van der Waals surface area contributed by atoms with Crippen molar-refractivity contribution in [1.82, 2.24) is 4.57 Å². The van der Waals surface area contributed by atoms with E-state index in [1.807, 2.05) is 19.1 Å². The summed E-state index contributed by atoms with van der Waals surface area (Å²) in [6.07, 6.45) is 12.3. The maximum absolute atomic E-state index is 4.01. The molecule has 1 nitrogen and oxygen atoms in total. The van der Waals surface area contributed by atoms with Gasteiger partial charge in [0.1, 0.15) is 0 Å². The maximum Gasteiger partial charge on any atom is 0.0619 e. The van der Waals surface area contributed by atoms with E-state index in [9.17, 15) is 0 Å². The predicted molar refractivity (Wildman–Crippen MR) is 214 cm³/mol. The van der Waals surface area contributed by atoms with E-state index in [1.54, 1.807) is 0 Å². The van der Waals surface area contributed by atoms with Gasteiger partial charge < -0.3 is 4.57 Å². The van der Waals surface area contributed by atoms with Gasteiger partial charge in [0.05, 0.1) is 11.0 Å². The first kappa shape index (κ1) is 30.2. The van der Waals surface area contributed by atoms with Crippen LogP contribution in [0.5, 0.6) is 0 Å². The predicted octanol–water partition coefficient (Wildman–Crippen LogP) is 13.6. The first-order valence-electron chi connectivity index (χ1n) is 16.9. The highest BCUT2D eigenvalue weighted by molar-refractivity contribution is 6.19. The summed E-state index contributed by atoms with van der Waals surface area (Å²) in [7, 11) is 0. The van der Waals surface area contributed by atoms with Gasteiger partial charge in [-0.2, -0.15) is 0 Å². The number of fused-ring (bicyclic) bond motifs is 6. The second-order valence-corrected chi connectivity index (χ2v) is 12.5. The van der Waals surface area contributed by atoms with Gasteiger partial charge in [-0.25, -0.2) is 0 Å². The standard InChI is InChI=1S/C48H37N/c1-4-7-9-12-33-15-17-35(18-16-33)38-23-26-44-41(29-38)25-28-46-45-27-24-40(32-47(45)49(48(44)46)43-13-10-8-11-14-43)39-22-20-36-19-21-37(30-42(36)31-39)34(5-2)6-3/h4-32H,2H2,1,3H3/b7-4-,12-9-,34-6+. The quantitative estimate of drug-likeness (QED) is 0.155. The number of hydrogen-bond acceptors (Lipinski definition) is 0. The van der Waals surface area contributed by atoms with Crippen molar-refractivity contribution in [2.24, 2.45) is 0 Å². The molecule has 49 heavy (non-hydrogen) atoms. The zero-order valence-corrected chi connectivity index (χ0v) is 27.9. The summed E-state index contributed by atoms with van der Waals surface area (Å²) in [6, 6.07) is 51.4. The SMILES string of the molecule is C=C/C(=C\C)c1ccc2ccc(-c3ccc4c5ccc6cc(-c7ccc(/C=C\C=C/C)cc7)ccc6c5n(-c5ccccc5)c4c3)cc2c1. The molecule has 1 aromatic heterocycles. The second-order valence-electron chi connectivity index (χ2n) is 12.5. The lowest BCUT2D eigenvalue weighted by molar-refractivity contribution is 1.19. The van der Waals surface area contributed by atoms with Crippen LogP contribution in [0.3, 0.4) is 0 Å². The third-order valence-corrected chi connectivity index (χ3v) is 9.63. The topological polar surface area (TPSA) is 4.93 Å². The van der Waals surface area contributed by atoms with Crippen molar-refractivity contribution in [3.8, 4) is 27.9 Å². The van der Waals surface area contributed by atoms with Crippen molar-refractivity contribution in [1.29, 1.82) is 0 Å². The molecule has 7 aromatic carbocycles. The van der Waals surface area contributed by atoms with Crippen LogP contribution in [0.15, 0.2) is 176 Å². The summed E-state index contributed by atoms with van der Waals surface area (Å²) in [5.41, 5.74) is 12.0. The van der Waals surface area contributed by atoms with Crippen molar-refractivity contribution in [3.05, 3.63) is 188 Å². The van der Waals surface area contributed by atoms with Crippen LogP contribution >= 0.6 is 0 Å². The monoisotopic (exact) mass is 627 g/mol. The lowest BCUT2D eigenvalue weighted by Crippen LogP contribution is -1.94. The van der Waals surface area contributed by atoms with E-state index in [2.05, 4.69) is 182 Å². The summed E-state index contributed by atoms with van der Waals surface area (Å²) in [6.45, 7) is 8.10. The molecule has 0 saturated carbocycles. The average Bonchev–Trinajstić information content (AvgIpc) is 3.49. The molecule has 0 unspecified atom stereocenters. The number of hydrogen-bond donors (Lipinski definition) is 0. The molecule has 0 amide bonds. The molecule has 1 heteroatoms. The van der Waals surface area contributed by atoms with Gasteiger partial charge in [-0.15, -0.1) is 0 Å². The summed E-state index contributed by atoms with van der Waals surface area (Å²) in [4.78, 5) is 0. The number of para-hydroxylation sites is 1. The Hall–Kier alpha value is -6.18. The minimum absolute atomic E-state index is 1.14. The zero-order valence-electron chi connectivity index (χ0n) is 27.9. The molecule has 0 bridgehead atoms. The van der Waals surface area contributed by atoms with Gasteiger partial charge in [-0.05, 0) is 105 Å². The summed E-state index contributed by atoms with van der Waals surface area (Å²) >= 11 is 0. The van der Waals surface area contributed by atoms with Crippen molar-refractivity contribution < 1.29 is 0 Å². The lowest BCUT2D eigenvalue weighted by Gasteiger charge is -2.12. The second kappa shape index (κ2) is 12.8. The Morgan fingerprint density at radius 1 is 0.551 bits per heavy atom. The molecular formula is C48H37N. The molecule has 0 fully saturated rings. The minimum Gasteiger partial charge on any atom is -0.309 e. The van der Waals surface area contributed by atoms with Gasteiger partial charge in [0.2, 0.25) is 0 Å². The van der Waals surface area contributed by atoms with E-state index in [0.717, 1.165) is 11.3 Å². The Labute approximate surface area is 288 Å². The van der Waals surface area contributed by atoms with Crippen LogP contribution in [0.1, 0.15) is 25.0 Å². The smallest absolute Gasteiger partial charge is 0.0619 e. The van der Waals surface area contributed by atoms with E-state index in [1.165, 1.54) is 76.7 Å². The van der Waals surface area contributed by atoms with E-state index in [0.29, 0.717) is 0 Å². The molecule has 0 N–H and O–H groups in total. The average molecular weight is 628 g/mol. The van der Waals surface area contributed by atoms with Crippen LogP contribution in [0.25, 0.3) is 82.9 Å². The van der Waals surface area contributed by atoms with Crippen LogP contribution in [0.4, 0.5) is 0 Å². The Bertz CT molecular complexity index is 2610. The lowest BCUT2D eigenvalue weighted by atomic mass is 9.96. The fourth-order valence-corrected chi connectivity index (χ4v) is 7.11. The Kier molecular flexibility index (Phi) is 7.87. The molecule has 234 valence electrons. The number of benzene rings is 7. The maximum atomic E-state index is 4.01. The number of aromatic nitrogens is 1. The van der Waals surface area contributed by atoms with Crippen molar-refractivity contribution in [3.63, 3.8) is 0 Å². The molecule has 0 aliphatic heterocycles. The summed E-state index contributed by atoms with van der Waals surface area (Å²) in [5.74, 6) is 0. The molecular weight excluding hydrogens is 591 g/mol. The van der Waals surface area contributed by atoms with Crippen LogP contribution in [-0.4, -0.2) is 4.57 Å². The molecule has 0 aliphatic carbocycles. The first-order chi connectivity index (χ1) is 24.1. The number of nitrogens with zero attached hydrogens (tertiary/aromatic N) is 1. The summed E-state index contributed by atoms with van der Waals surface area (Å²) < 4.78 is 2.45. The van der Waals surface area contributed by atoms with Crippen molar-refractivity contribution >= 4 is 55.0 Å². The fourth-order valence-electron chi connectivity index (χ4n) is 7.11. The van der Waals surface area contributed by atoms with E-state index in [4.69, 9.17) is 0 Å². The van der Waals surface area contributed by atoms with Gasteiger partial charge >= 0.3 is 0 Å². The molecule has 0 saturated heterocycles. The van der Waals surface area contributed by atoms with E-state index >= 15 is 0 Å². The Morgan fingerprint density at radius 2 is 1.20 bits per heavy atom. The van der Waals surface area contributed by atoms with Crippen molar-refractivity contribution in [2.75, 3.05) is 0 Å². The molecule has 8 aromatic rings. The highest BCUT2D eigenvalue weighted by atomic mass is 15.0. The third-order valence-electron chi connectivity index (χ3n) is 9.63.